The van der Waals surface area contributed by atoms with Gasteiger partial charge in [0.1, 0.15) is 11.7 Å². The second kappa shape index (κ2) is 5.33. The molecule has 0 saturated carbocycles. The molecule has 1 fully saturated rings. The van der Waals surface area contributed by atoms with Crippen molar-refractivity contribution in [1.82, 2.24) is 0 Å². The molecule has 1 saturated heterocycles. The highest BCUT2D eigenvalue weighted by Gasteiger charge is 2.30. The summed E-state index contributed by atoms with van der Waals surface area (Å²) in [6.07, 6.45) is 1.18. The predicted molar refractivity (Wildman–Crippen MR) is 78.4 cm³/mol. The van der Waals surface area contributed by atoms with Crippen LogP contribution in [-0.2, 0) is 9.53 Å². The Morgan fingerprint density at radius 2 is 2.00 bits per heavy atom. The first-order valence-electron chi connectivity index (χ1n) is 7.05. The number of nitrogens with one attached hydrogen (secondary N) is 1. The maximum absolute atomic E-state index is 12.3. The highest BCUT2D eigenvalue weighted by molar-refractivity contribution is 6.11. The molecule has 1 aromatic heterocycles. The van der Waals surface area contributed by atoms with Gasteiger partial charge in [-0.05, 0) is 31.9 Å². The zero-order valence-electron chi connectivity index (χ0n) is 12.0. The Balaban J connectivity index is 1.93. The van der Waals surface area contributed by atoms with Crippen molar-refractivity contribution >= 4 is 28.3 Å². The van der Waals surface area contributed by atoms with E-state index < -0.39 is 6.10 Å². The molecule has 110 valence electrons. The summed E-state index contributed by atoms with van der Waals surface area (Å²) < 4.78 is 11.1. The Labute approximate surface area is 122 Å². The van der Waals surface area contributed by atoms with Gasteiger partial charge in [-0.1, -0.05) is 12.1 Å². The van der Waals surface area contributed by atoms with E-state index in [0.717, 1.165) is 11.8 Å². The highest BCUT2D eigenvalue weighted by Crippen LogP contribution is 2.32. The van der Waals surface area contributed by atoms with E-state index >= 15 is 0 Å². The van der Waals surface area contributed by atoms with Gasteiger partial charge in [-0.2, -0.15) is 0 Å². The van der Waals surface area contributed by atoms with Crippen LogP contribution in [0.3, 0.4) is 0 Å². The molecule has 21 heavy (non-hydrogen) atoms. The number of rotatable bonds is 3. The van der Waals surface area contributed by atoms with E-state index in [1.54, 1.807) is 6.07 Å². The number of anilines is 1. The van der Waals surface area contributed by atoms with E-state index in [4.69, 9.17) is 9.15 Å². The number of para-hydroxylation sites is 1. The number of Topliss-reactive ketones (excluding diaryl/α,β-unsaturated/α-hetero) is 1. The summed E-state index contributed by atoms with van der Waals surface area (Å²) in [6, 6.07) is 7.25. The summed E-state index contributed by atoms with van der Waals surface area (Å²) in [4.78, 5) is 24.0. The predicted octanol–water partition coefficient (Wildman–Crippen LogP) is 3.14. The van der Waals surface area contributed by atoms with Gasteiger partial charge in [0.25, 0.3) is 5.91 Å². The smallest absolute Gasteiger partial charge is 0.253 e. The largest absolute Gasteiger partial charge is 0.451 e. The number of furan rings is 1. The molecular weight excluding hydrogens is 270 g/mol. The highest BCUT2D eigenvalue weighted by atomic mass is 16.5. The number of hydrogen-bond acceptors (Lipinski definition) is 4. The summed E-state index contributed by atoms with van der Waals surface area (Å²) in [5.41, 5.74) is 1.02. The first-order chi connectivity index (χ1) is 10.1. The number of benzene rings is 1. The van der Waals surface area contributed by atoms with E-state index in [1.807, 2.05) is 25.1 Å². The van der Waals surface area contributed by atoms with Crippen LogP contribution in [0.5, 0.6) is 0 Å². The lowest BCUT2D eigenvalue weighted by Crippen LogP contribution is -2.28. The standard InChI is InChI=1S/C16H17NO4/c1-9-7-8-13(20-9)16(19)17-14-11-5-3-4-6-12(11)21-15(14)10(2)18/h3-6,9,13H,7-8H2,1-2H3,(H,17,19)/t9-,13-/m1/s1. The summed E-state index contributed by atoms with van der Waals surface area (Å²) in [6.45, 7) is 3.36. The molecule has 2 heterocycles. The molecule has 0 bridgehead atoms. The lowest BCUT2D eigenvalue weighted by atomic mass is 10.1. The van der Waals surface area contributed by atoms with Gasteiger partial charge in [0, 0.05) is 12.3 Å². The molecule has 5 heteroatoms. The maximum atomic E-state index is 12.3. The van der Waals surface area contributed by atoms with Crippen LogP contribution in [0.25, 0.3) is 11.0 Å². The van der Waals surface area contributed by atoms with Gasteiger partial charge in [-0.15, -0.1) is 0 Å². The van der Waals surface area contributed by atoms with Crippen molar-refractivity contribution in [3.63, 3.8) is 0 Å². The van der Waals surface area contributed by atoms with Crippen LogP contribution in [0.15, 0.2) is 28.7 Å². The fourth-order valence-electron chi connectivity index (χ4n) is 2.62. The minimum absolute atomic E-state index is 0.0918. The van der Waals surface area contributed by atoms with Crippen molar-refractivity contribution in [1.29, 1.82) is 0 Å². The number of carbonyl (C=O) groups excluding carboxylic acids is 2. The van der Waals surface area contributed by atoms with Crippen molar-refractivity contribution in [2.75, 3.05) is 5.32 Å². The fourth-order valence-corrected chi connectivity index (χ4v) is 2.62. The summed E-state index contributed by atoms with van der Waals surface area (Å²) in [5.74, 6) is -0.272. The van der Waals surface area contributed by atoms with Crippen LogP contribution in [0.4, 0.5) is 5.69 Å². The van der Waals surface area contributed by atoms with Gasteiger partial charge in [-0.3, -0.25) is 9.59 Å². The van der Waals surface area contributed by atoms with E-state index in [-0.39, 0.29) is 23.6 Å². The van der Waals surface area contributed by atoms with Crippen molar-refractivity contribution in [2.24, 2.45) is 0 Å². The van der Waals surface area contributed by atoms with Gasteiger partial charge in [0.05, 0.1) is 11.8 Å². The van der Waals surface area contributed by atoms with E-state index in [1.165, 1.54) is 6.92 Å². The Morgan fingerprint density at radius 1 is 1.24 bits per heavy atom. The van der Waals surface area contributed by atoms with Crippen LogP contribution in [0.2, 0.25) is 0 Å². The average Bonchev–Trinajstić information content (AvgIpc) is 3.03. The Bertz CT molecular complexity index is 703. The molecule has 3 rings (SSSR count). The minimum Gasteiger partial charge on any atom is -0.451 e. The third kappa shape index (κ3) is 2.56. The minimum atomic E-state index is -0.464. The second-order valence-corrected chi connectivity index (χ2v) is 5.36. The molecule has 0 radical (unpaired) electrons. The molecule has 2 atom stereocenters. The van der Waals surface area contributed by atoms with Gasteiger partial charge in [0.2, 0.25) is 0 Å². The van der Waals surface area contributed by atoms with Crippen molar-refractivity contribution < 1.29 is 18.7 Å². The monoisotopic (exact) mass is 287 g/mol. The van der Waals surface area contributed by atoms with Gasteiger partial charge in [0.15, 0.2) is 11.5 Å². The van der Waals surface area contributed by atoms with E-state index in [0.29, 0.717) is 17.7 Å². The van der Waals surface area contributed by atoms with Crippen LogP contribution in [0, 0.1) is 0 Å². The van der Waals surface area contributed by atoms with Crippen LogP contribution in [0.1, 0.15) is 37.2 Å². The Morgan fingerprint density at radius 3 is 2.67 bits per heavy atom. The molecule has 0 aliphatic carbocycles. The molecule has 5 nitrogen and oxygen atoms in total. The first-order valence-corrected chi connectivity index (χ1v) is 7.05. The molecule has 2 aromatic rings. The molecular formula is C16H17NO4. The van der Waals surface area contributed by atoms with E-state index in [2.05, 4.69) is 5.32 Å². The zero-order valence-corrected chi connectivity index (χ0v) is 12.0. The number of carbonyl (C=O) groups is 2. The first kappa shape index (κ1) is 13.8. The third-order valence-electron chi connectivity index (χ3n) is 3.69. The van der Waals surface area contributed by atoms with Crippen molar-refractivity contribution in [3.05, 3.63) is 30.0 Å². The molecule has 1 aliphatic heterocycles. The van der Waals surface area contributed by atoms with Crippen LogP contribution >= 0.6 is 0 Å². The number of hydrogen-bond donors (Lipinski definition) is 1. The van der Waals surface area contributed by atoms with Gasteiger partial charge in [-0.25, -0.2) is 0 Å². The van der Waals surface area contributed by atoms with Crippen molar-refractivity contribution in [2.45, 2.75) is 38.9 Å². The Hall–Kier alpha value is -2.14. The normalized spacial score (nSPS) is 21.6. The fraction of sp³-hybridized carbons (Fsp3) is 0.375. The van der Waals surface area contributed by atoms with E-state index in [9.17, 15) is 9.59 Å². The topological polar surface area (TPSA) is 68.5 Å². The lowest BCUT2D eigenvalue weighted by molar-refractivity contribution is -0.126. The van der Waals surface area contributed by atoms with Gasteiger partial charge >= 0.3 is 0 Å². The molecule has 0 spiro atoms. The maximum Gasteiger partial charge on any atom is 0.253 e. The summed E-state index contributed by atoms with van der Waals surface area (Å²) in [5, 5.41) is 3.52. The summed E-state index contributed by atoms with van der Waals surface area (Å²) >= 11 is 0. The summed E-state index contributed by atoms with van der Waals surface area (Å²) in [7, 11) is 0. The Kier molecular flexibility index (Phi) is 3.51. The van der Waals surface area contributed by atoms with Gasteiger partial charge < -0.3 is 14.5 Å². The third-order valence-corrected chi connectivity index (χ3v) is 3.69. The van der Waals surface area contributed by atoms with Crippen LogP contribution in [-0.4, -0.2) is 23.9 Å². The molecule has 1 amide bonds. The number of ketones is 1. The number of ether oxygens (including phenoxy) is 1. The van der Waals surface area contributed by atoms with Crippen LogP contribution < -0.4 is 5.32 Å². The number of amides is 1. The molecule has 1 N–H and O–H groups in total. The lowest BCUT2D eigenvalue weighted by Gasteiger charge is -2.11. The van der Waals surface area contributed by atoms with Crippen molar-refractivity contribution in [3.8, 4) is 0 Å². The average molecular weight is 287 g/mol. The quantitative estimate of drug-likeness (QED) is 0.880. The molecule has 0 unspecified atom stereocenters. The molecule has 1 aliphatic rings. The SMILES string of the molecule is CC(=O)c1oc2ccccc2c1NC(=O)[C@H]1CC[C@@H](C)O1. The molecule has 1 aromatic carbocycles. The zero-order chi connectivity index (χ0) is 15.0. The second-order valence-electron chi connectivity index (χ2n) is 5.36. The number of fused-ring (bicyclic) bond motifs is 1.